The van der Waals surface area contributed by atoms with E-state index in [0.29, 0.717) is 13.0 Å². The van der Waals surface area contributed by atoms with Gasteiger partial charge in [-0.3, -0.25) is 4.79 Å². The fraction of sp³-hybridized carbons (Fsp3) is 0.533. The second-order valence-corrected chi connectivity index (χ2v) is 5.02. The number of nitrogens with one attached hydrogen (secondary N) is 2. The molecular formula is C15H23ClN2O. The number of hydrogen-bond donors (Lipinski definition) is 2. The first-order valence-corrected chi connectivity index (χ1v) is 7.32. The van der Waals surface area contributed by atoms with E-state index in [1.165, 1.54) is 5.56 Å². The van der Waals surface area contributed by atoms with Crippen LogP contribution in [-0.4, -0.2) is 25.5 Å². The highest BCUT2D eigenvalue weighted by Gasteiger charge is 2.01. The number of rotatable bonds is 9. The lowest BCUT2D eigenvalue weighted by molar-refractivity contribution is -0.121. The third kappa shape index (κ3) is 7.85. The Balaban J connectivity index is 2.05. The molecule has 1 amide bonds. The summed E-state index contributed by atoms with van der Waals surface area (Å²) in [5.74, 6) is 0.132. The van der Waals surface area contributed by atoms with E-state index in [0.717, 1.165) is 37.4 Å². The van der Waals surface area contributed by atoms with Gasteiger partial charge in [-0.25, -0.2) is 0 Å². The van der Waals surface area contributed by atoms with Crippen LogP contribution in [-0.2, 0) is 11.2 Å². The van der Waals surface area contributed by atoms with Gasteiger partial charge < -0.3 is 10.6 Å². The third-order valence-electron chi connectivity index (χ3n) is 2.83. The quantitative estimate of drug-likeness (QED) is 0.684. The Labute approximate surface area is 120 Å². The number of aryl methyl sites for hydroxylation is 1. The minimum absolute atomic E-state index is 0.132. The zero-order valence-electron chi connectivity index (χ0n) is 11.5. The summed E-state index contributed by atoms with van der Waals surface area (Å²) in [4.78, 5) is 11.6. The van der Waals surface area contributed by atoms with E-state index in [2.05, 4.69) is 17.6 Å². The Bertz CT molecular complexity index is 365. The summed E-state index contributed by atoms with van der Waals surface area (Å²) in [5, 5.41) is 6.92. The summed E-state index contributed by atoms with van der Waals surface area (Å²) < 4.78 is 0. The Morgan fingerprint density at radius 3 is 2.58 bits per heavy atom. The van der Waals surface area contributed by atoms with Crippen molar-refractivity contribution in [1.82, 2.24) is 10.6 Å². The molecule has 0 aliphatic heterocycles. The molecule has 1 aromatic rings. The standard InChI is InChI=1S/C15H23ClN2O/c1-2-10-17-11-12-18-15(19)5-3-4-13-6-8-14(16)9-7-13/h6-9,17H,2-5,10-12H2,1H3,(H,18,19). The monoisotopic (exact) mass is 282 g/mol. The molecule has 0 aromatic heterocycles. The number of benzene rings is 1. The van der Waals surface area contributed by atoms with Crippen LogP contribution in [0.4, 0.5) is 0 Å². The minimum Gasteiger partial charge on any atom is -0.355 e. The predicted octanol–water partition coefficient (Wildman–Crippen LogP) is 2.78. The second-order valence-electron chi connectivity index (χ2n) is 4.58. The molecule has 0 saturated heterocycles. The van der Waals surface area contributed by atoms with Crippen molar-refractivity contribution in [3.8, 4) is 0 Å². The summed E-state index contributed by atoms with van der Waals surface area (Å²) in [7, 11) is 0. The van der Waals surface area contributed by atoms with Crippen molar-refractivity contribution in [2.75, 3.05) is 19.6 Å². The molecule has 19 heavy (non-hydrogen) atoms. The highest BCUT2D eigenvalue weighted by molar-refractivity contribution is 6.30. The lowest BCUT2D eigenvalue weighted by atomic mass is 10.1. The van der Waals surface area contributed by atoms with Gasteiger partial charge in [0.1, 0.15) is 0 Å². The SMILES string of the molecule is CCCNCCNC(=O)CCCc1ccc(Cl)cc1. The van der Waals surface area contributed by atoms with Crippen LogP contribution in [0.25, 0.3) is 0 Å². The zero-order valence-corrected chi connectivity index (χ0v) is 12.3. The molecule has 1 rings (SSSR count). The lowest BCUT2D eigenvalue weighted by Crippen LogP contribution is -2.31. The molecule has 0 radical (unpaired) electrons. The Kier molecular flexibility index (Phi) is 8.26. The lowest BCUT2D eigenvalue weighted by Gasteiger charge is -2.06. The molecule has 0 aliphatic carbocycles. The Morgan fingerprint density at radius 1 is 1.16 bits per heavy atom. The zero-order chi connectivity index (χ0) is 13.9. The van der Waals surface area contributed by atoms with E-state index in [1.807, 2.05) is 24.3 Å². The van der Waals surface area contributed by atoms with Gasteiger partial charge in [0.05, 0.1) is 0 Å². The van der Waals surface area contributed by atoms with E-state index < -0.39 is 0 Å². The summed E-state index contributed by atoms with van der Waals surface area (Å²) >= 11 is 5.82. The van der Waals surface area contributed by atoms with Crippen LogP contribution >= 0.6 is 11.6 Å². The van der Waals surface area contributed by atoms with Crippen LogP contribution in [0, 0.1) is 0 Å². The molecule has 0 atom stereocenters. The van der Waals surface area contributed by atoms with Gasteiger partial charge in [0.15, 0.2) is 0 Å². The molecule has 0 fully saturated rings. The smallest absolute Gasteiger partial charge is 0.220 e. The van der Waals surface area contributed by atoms with Gasteiger partial charge in [-0.2, -0.15) is 0 Å². The molecule has 1 aromatic carbocycles. The van der Waals surface area contributed by atoms with Crippen molar-refractivity contribution in [3.05, 3.63) is 34.9 Å². The van der Waals surface area contributed by atoms with Gasteiger partial charge in [-0.05, 0) is 43.5 Å². The molecule has 4 heteroatoms. The van der Waals surface area contributed by atoms with E-state index in [-0.39, 0.29) is 5.91 Å². The molecule has 0 heterocycles. The molecule has 0 aliphatic rings. The number of carbonyl (C=O) groups is 1. The summed E-state index contributed by atoms with van der Waals surface area (Å²) in [6.45, 7) is 4.69. The molecule has 2 N–H and O–H groups in total. The van der Waals surface area contributed by atoms with Crippen LogP contribution in [0.3, 0.4) is 0 Å². The molecule has 3 nitrogen and oxygen atoms in total. The maximum atomic E-state index is 11.6. The van der Waals surface area contributed by atoms with Crippen LogP contribution in [0.1, 0.15) is 31.7 Å². The van der Waals surface area contributed by atoms with Crippen LogP contribution < -0.4 is 10.6 Å². The van der Waals surface area contributed by atoms with Crippen molar-refractivity contribution in [1.29, 1.82) is 0 Å². The van der Waals surface area contributed by atoms with Gasteiger partial charge >= 0.3 is 0 Å². The van der Waals surface area contributed by atoms with Gasteiger partial charge in [0.2, 0.25) is 5.91 Å². The van der Waals surface area contributed by atoms with Crippen molar-refractivity contribution >= 4 is 17.5 Å². The Hall–Kier alpha value is -1.06. The number of amides is 1. The van der Waals surface area contributed by atoms with Crippen molar-refractivity contribution < 1.29 is 4.79 Å². The van der Waals surface area contributed by atoms with E-state index >= 15 is 0 Å². The predicted molar refractivity (Wildman–Crippen MR) is 80.6 cm³/mol. The molecule has 0 bridgehead atoms. The third-order valence-corrected chi connectivity index (χ3v) is 3.09. The first-order valence-electron chi connectivity index (χ1n) is 6.94. The molecule has 0 saturated carbocycles. The first-order chi connectivity index (χ1) is 9.22. The first kappa shape index (κ1) is 16.0. The molecule has 106 valence electrons. The number of hydrogen-bond acceptors (Lipinski definition) is 2. The second kappa shape index (κ2) is 9.82. The molecular weight excluding hydrogens is 260 g/mol. The van der Waals surface area contributed by atoms with Crippen LogP contribution in [0.2, 0.25) is 5.02 Å². The van der Waals surface area contributed by atoms with Crippen molar-refractivity contribution in [2.24, 2.45) is 0 Å². The van der Waals surface area contributed by atoms with Gasteiger partial charge in [0.25, 0.3) is 0 Å². The fourth-order valence-electron chi connectivity index (χ4n) is 1.78. The van der Waals surface area contributed by atoms with Gasteiger partial charge in [-0.1, -0.05) is 30.7 Å². The molecule has 0 unspecified atom stereocenters. The van der Waals surface area contributed by atoms with Crippen LogP contribution in [0.15, 0.2) is 24.3 Å². The number of carbonyl (C=O) groups excluding carboxylic acids is 1. The fourth-order valence-corrected chi connectivity index (χ4v) is 1.91. The normalized spacial score (nSPS) is 10.4. The van der Waals surface area contributed by atoms with E-state index in [1.54, 1.807) is 0 Å². The van der Waals surface area contributed by atoms with Crippen LogP contribution in [0.5, 0.6) is 0 Å². The topological polar surface area (TPSA) is 41.1 Å². The maximum Gasteiger partial charge on any atom is 0.220 e. The number of halogens is 1. The highest BCUT2D eigenvalue weighted by Crippen LogP contribution is 2.11. The minimum atomic E-state index is 0.132. The van der Waals surface area contributed by atoms with Crippen molar-refractivity contribution in [3.63, 3.8) is 0 Å². The average molecular weight is 283 g/mol. The summed E-state index contributed by atoms with van der Waals surface area (Å²) in [5.41, 5.74) is 1.22. The van der Waals surface area contributed by atoms with Gasteiger partial charge in [0, 0.05) is 24.5 Å². The summed E-state index contributed by atoms with van der Waals surface area (Å²) in [6, 6.07) is 7.79. The highest BCUT2D eigenvalue weighted by atomic mass is 35.5. The maximum absolute atomic E-state index is 11.6. The summed E-state index contributed by atoms with van der Waals surface area (Å²) in [6.07, 6.45) is 3.49. The largest absolute Gasteiger partial charge is 0.355 e. The molecule has 0 spiro atoms. The van der Waals surface area contributed by atoms with E-state index in [4.69, 9.17) is 11.6 Å². The Morgan fingerprint density at radius 2 is 1.89 bits per heavy atom. The van der Waals surface area contributed by atoms with Crippen molar-refractivity contribution in [2.45, 2.75) is 32.6 Å². The van der Waals surface area contributed by atoms with E-state index in [9.17, 15) is 4.79 Å². The van der Waals surface area contributed by atoms with Gasteiger partial charge in [-0.15, -0.1) is 0 Å². The average Bonchev–Trinajstić information content (AvgIpc) is 2.41.